The standard InChI is InChI=1S/C28H35ClN2O6/c1-4-7-10-16-36-27(35)22-21-13-14-28(37-21)23(22)25(33)31(18(6-3)17-32)24(28)26(34)30(15-5-2)20-12-9-8-11-19(20)29/h4-5,8-9,11-12,18,21-24,32H,1-2,6-7,10,13-17H2,3H3/t18-,21+,22-,23-,24?,28?/m0/s1. The van der Waals surface area contributed by atoms with Crippen molar-refractivity contribution in [2.24, 2.45) is 11.8 Å². The normalized spacial score (nSPS) is 28.6. The molecule has 200 valence electrons. The predicted molar refractivity (Wildman–Crippen MR) is 140 cm³/mol. The molecule has 1 aromatic carbocycles. The van der Waals surface area contributed by atoms with Gasteiger partial charge in [0, 0.05) is 6.54 Å². The number of halogens is 1. The van der Waals surface area contributed by atoms with Crippen LogP contribution in [0, 0.1) is 11.8 Å². The highest BCUT2D eigenvalue weighted by molar-refractivity contribution is 6.34. The molecule has 3 aliphatic rings. The average molecular weight is 531 g/mol. The summed E-state index contributed by atoms with van der Waals surface area (Å²) in [5, 5.41) is 10.6. The predicted octanol–water partition coefficient (Wildman–Crippen LogP) is 3.51. The molecule has 1 N–H and O–H groups in total. The van der Waals surface area contributed by atoms with Crippen LogP contribution in [0.1, 0.15) is 39.0 Å². The zero-order valence-electron chi connectivity index (χ0n) is 21.2. The van der Waals surface area contributed by atoms with Gasteiger partial charge in [0.1, 0.15) is 11.6 Å². The summed E-state index contributed by atoms with van der Waals surface area (Å²) < 4.78 is 12.0. The minimum absolute atomic E-state index is 0.163. The Balaban J connectivity index is 1.74. The number of anilines is 1. The van der Waals surface area contributed by atoms with Crippen molar-refractivity contribution in [2.75, 3.05) is 24.7 Å². The third kappa shape index (κ3) is 4.60. The van der Waals surface area contributed by atoms with Crippen LogP contribution in [-0.4, -0.2) is 71.3 Å². The number of rotatable bonds is 12. The number of aliphatic hydroxyl groups excluding tert-OH is 1. The fraction of sp³-hybridized carbons (Fsp3) is 0.536. The Morgan fingerprint density at radius 3 is 2.76 bits per heavy atom. The number of allylic oxidation sites excluding steroid dienone is 1. The van der Waals surface area contributed by atoms with Gasteiger partial charge >= 0.3 is 5.97 Å². The molecule has 2 amide bonds. The van der Waals surface area contributed by atoms with Gasteiger partial charge in [-0.3, -0.25) is 14.4 Å². The fourth-order valence-corrected chi connectivity index (χ4v) is 6.43. The van der Waals surface area contributed by atoms with Gasteiger partial charge in [-0.25, -0.2) is 0 Å². The maximum Gasteiger partial charge on any atom is 0.312 e. The molecule has 4 rings (SSSR count). The molecule has 6 atom stereocenters. The maximum atomic E-state index is 14.4. The first-order valence-corrected chi connectivity index (χ1v) is 13.3. The molecule has 37 heavy (non-hydrogen) atoms. The molecule has 0 aromatic heterocycles. The van der Waals surface area contributed by atoms with Gasteiger partial charge in [-0.05, 0) is 44.2 Å². The number of unbranched alkanes of at least 4 members (excludes halogenated alkanes) is 1. The number of esters is 1. The van der Waals surface area contributed by atoms with Gasteiger partial charge in [0.2, 0.25) is 5.91 Å². The Labute approximate surface area is 222 Å². The lowest BCUT2D eigenvalue weighted by molar-refractivity contribution is -0.155. The Morgan fingerprint density at radius 1 is 1.35 bits per heavy atom. The summed E-state index contributed by atoms with van der Waals surface area (Å²) in [7, 11) is 0. The second-order valence-electron chi connectivity index (χ2n) is 9.83. The molecule has 0 aliphatic carbocycles. The molecule has 1 spiro atoms. The number of carbonyl (C=O) groups is 3. The third-order valence-corrected chi connectivity index (χ3v) is 8.16. The molecule has 1 aromatic rings. The second kappa shape index (κ2) is 11.4. The van der Waals surface area contributed by atoms with Crippen molar-refractivity contribution in [3.8, 4) is 0 Å². The van der Waals surface area contributed by atoms with Gasteiger partial charge < -0.3 is 24.4 Å². The number of hydrogen-bond donors (Lipinski definition) is 1. The van der Waals surface area contributed by atoms with Crippen molar-refractivity contribution in [1.82, 2.24) is 4.90 Å². The summed E-state index contributed by atoms with van der Waals surface area (Å²) >= 11 is 6.46. The number of nitrogens with zero attached hydrogens (tertiary/aromatic N) is 2. The number of hydrogen-bond acceptors (Lipinski definition) is 6. The van der Waals surface area contributed by atoms with E-state index in [9.17, 15) is 19.5 Å². The van der Waals surface area contributed by atoms with E-state index in [4.69, 9.17) is 21.1 Å². The molecule has 0 saturated carbocycles. The number of aliphatic hydroxyl groups is 1. The number of likely N-dealkylation sites (tertiary alicyclic amines) is 1. The minimum atomic E-state index is -1.19. The van der Waals surface area contributed by atoms with E-state index in [2.05, 4.69) is 13.2 Å². The second-order valence-corrected chi connectivity index (χ2v) is 10.2. The van der Waals surface area contributed by atoms with Crippen LogP contribution < -0.4 is 4.90 Å². The summed E-state index contributed by atoms with van der Waals surface area (Å²) in [6.07, 6.45) is 5.63. The highest BCUT2D eigenvalue weighted by Gasteiger charge is 2.75. The SMILES string of the molecule is C=CCCCOC(=O)[C@@H]1[C@H]2C(=O)N([C@@H](CC)CO)C(C(=O)N(CC=C)c3ccccc3Cl)C23CC[C@H]1O3. The minimum Gasteiger partial charge on any atom is -0.465 e. The number of fused-ring (bicyclic) bond motifs is 1. The van der Waals surface area contributed by atoms with E-state index >= 15 is 0 Å². The van der Waals surface area contributed by atoms with E-state index in [-0.39, 0.29) is 31.6 Å². The summed E-state index contributed by atoms with van der Waals surface area (Å²) in [4.78, 5) is 44.5. The quantitative estimate of drug-likeness (QED) is 0.252. The van der Waals surface area contributed by atoms with Gasteiger partial charge in [-0.1, -0.05) is 42.8 Å². The van der Waals surface area contributed by atoms with Gasteiger partial charge in [-0.15, -0.1) is 13.2 Å². The molecule has 0 radical (unpaired) electrons. The van der Waals surface area contributed by atoms with E-state index in [1.54, 1.807) is 36.4 Å². The lowest BCUT2D eigenvalue weighted by Crippen LogP contribution is -2.59. The Hall–Kier alpha value is -2.68. The molecule has 3 saturated heterocycles. The van der Waals surface area contributed by atoms with Gasteiger partial charge in [0.15, 0.2) is 0 Å². The number of carbonyl (C=O) groups excluding carboxylic acids is 3. The monoisotopic (exact) mass is 530 g/mol. The zero-order valence-corrected chi connectivity index (χ0v) is 21.9. The molecule has 2 bridgehead atoms. The van der Waals surface area contributed by atoms with Gasteiger partial charge in [0.25, 0.3) is 5.91 Å². The molecule has 3 fully saturated rings. The van der Waals surface area contributed by atoms with E-state index in [1.165, 1.54) is 9.80 Å². The van der Waals surface area contributed by atoms with Gasteiger partial charge in [-0.2, -0.15) is 0 Å². The van der Waals surface area contributed by atoms with Crippen LogP contribution >= 0.6 is 11.6 Å². The average Bonchev–Trinajstić information content (AvgIpc) is 3.54. The first-order chi connectivity index (χ1) is 17.9. The maximum absolute atomic E-state index is 14.4. The van der Waals surface area contributed by atoms with Crippen molar-refractivity contribution >= 4 is 35.1 Å². The van der Waals surface area contributed by atoms with E-state index < -0.39 is 41.6 Å². The van der Waals surface area contributed by atoms with E-state index in [1.807, 2.05) is 6.92 Å². The summed E-state index contributed by atoms with van der Waals surface area (Å²) in [6.45, 7) is 9.39. The largest absolute Gasteiger partial charge is 0.465 e. The summed E-state index contributed by atoms with van der Waals surface area (Å²) in [6, 6.07) is 5.35. The Morgan fingerprint density at radius 2 is 2.11 bits per heavy atom. The van der Waals surface area contributed by atoms with Crippen LogP contribution in [0.3, 0.4) is 0 Å². The van der Waals surface area contributed by atoms with Crippen molar-refractivity contribution in [1.29, 1.82) is 0 Å². The highest BCUT2D eigenvalue weighted by atomic mass is 35.5. The van der Waals surface area contributed by atoms with Crippen LogP contribution in [0.5, 0.6) is 0 Å². The Kier molecular flexibility index (Phi) is 8.41. The third-order valence-electron chi connectivity index (χ3n) is 7.84. The molecule has 3 aliphatic heterocycles. The number of amides is 2. The first kappa shape index (κ1) is 27.4. The fourth-order valence-electron chi connectivity index (χ4n) is 6.20. The number of para-hydroxylation sites is 1. The summed E-state index contributed by atoms with van der Waals surface area (Å²) in [5.41, 5.74) is -0.698. The molecule has 9 heteroatoms. The smallest absolute Gasteiger partial charge is 0.312 e. The van der Waals surface area contributed by atoms with E-state index in [0.29, 0.717) is 42.8 Å². The van der Waals surface area contributed by atoms with E-state index in [0.717, 1.165) is 0 Å². The summed E-state index contributed by atoms with van der Waals surface area (Å²) in [5.74, 6) is -2.86. The molecular formula is C28H35ClN2O6. The van der Waals surface area contributed by atoms with Crippen molar-refractivity contribution in [3.05, 3.63) is 54.6 Å². The molecule has 3 heterocycles. The van der Waals surface area contributed by atoms with Gasteiger partial charge in [0.05, 0.1) is 47.9 Å². The topological polar surface area (TPSA) is 96.4 Å². The first-order valence-electron chi connectivity index (χ1n) is 12.9. The molecular weight excluding hydrogens is 496 g/mol. The van der Waals surface area contributed by atoms with Crippen LogP contribution in [0.25, 0.3) is 0 Å². The van der Waals surface area contributed by atoms with Crippen molar-refractivity contribution in [3.63, 3.8) is 0 Å². The Bertz CT molecular complexity index is 1060. The lowest BCUT2D eigenvalue weighted by Gasteiger charge is -2.39. The van der Waals surface area contributed by atoms with Crippen LogP contribution in [-0.2, 0) is 23.9 Å². The number of benzene rings is 1. The zero-order chi connectivity index (χ0) is 26.7. The molecule has 8 nitrogen and oxygen atoms in total. The van der Waals surface area contributed by atoms with Crippen molar-refractivity contribution in [2.45, 2.75) is 62.8 Å². The molecule has 2 unspecified atom stereocenters. The van der Waals surface area contributed by atoms with Crippen LogP contribution in [0.4, 0.5) is 5.69 Å². The highest BCUT2D eigenvalue weighted by Crippen LogP contribution is 2.59. The number of ether oxygens (including phenoxy) is 2. The van der Waals surface area contributed by atoms with Crippen LogP contribution in [0.2, 0.25) is 5.02 Å². The van der Waals surface area contributed by atoms with Crippen molar-refractivity contribution < 1.29 is 29.0 Å². The van der Waals surface area contributed by atoms with Crippen LogP contribution in [0.15, 0.2) is 49.6 Å². The lowest BCUT2D eigenvalue weighted by atomic mass is 9.70.